The summed E-state index contributed by atoms with van der Waals surface area (Å²) in [6.45, 7) is 0.264. The maximum absolute atomic E-state index is 12.7. The summed E-state index contributed by atoms with van der Waals surface area (Å²) >= 11 is 6.49. The topological polar surface area (TPSA) is 83.6 Å². The van der Waals surface area contributed by atoms with E-state index in [9.17, 15) is 13.5 Å². The minimum atomic E-state index is -3.65. The van der Waals surface area contributed by atoms with E-state index in [1.807, 2.05) is 0 Å². The van der Waals surface area contributed by atoms with E-state index in [2.05, 4.69) is 31.9 Å². The van der Waals surface area contributed by atoms with Crippen LogP contribution < -0.4 is 5.73 Å². The smallest absolute Gasteiger partial charge is 0.245 e. The molecule has 1 heterocycles. The van der Waals surface area contributed by atoms with Crippen LogP contribution in [-0.4, -0.2) is 37.0 Å². The van der Waals surface area contributed by atoms with Crippen LogP contribution in [-0.2, 0) is 10.0 Å². The lowest BCUT2D eigenvalue weighted by Gasteiger charge is -2.23. The van der Waals surface area contributed by atoms with Crippen LogP contribution in [0.1, 0.15) is 12.8 Å². The lowest BCUT2D eigenvalue weighted by molar-refractivity contribution is 0.213. The predicted molar refractivity (Wildman–Crippen MR) is 80.3 cm³/mol. The van der Waals surface area contributed by atoms with Crippen molar-refractivity contribution in [2.45, 2.75) is 23.8 Å². The normalized spacial score (nSPS) is 20.9. The predicted octanol–water partition coefficient (Wildman–Crippen LogP) is 1.94. The van der Waals surface area contributed by atoms with E-state index in [1.54, 1.807) is 12.1 Å². The summed E-state index contributed by atoms with van der Waals surface area (Å²) in [6, 6.07) is 2.77. The van der Waals surface area contributed by atoms with E-state index in [0.717, 1.165) is 6.42 Å². The van der Waals surface area contributed by atoms with Crippen molar-refractivity contribution in [1.29, 1.82) is 0 Å². The summed E-state index contributed by atoms with van der Waals surface area (Å²) < 4.78 is 27.5. The third-order valence-corrected chi connectivity index (χ3v) is 6.95. The van der Waals surface area contributed by atoms with Crippen molar-refractivity contribution < 1.29 is 13.5 Å². The molecule has 0 aliphatic carbocycles. The number of nitrogens with two attached hydrogens (primary N) is 1. The van der Waals surface area contributed by atoms with Crippen molar-refractivity contribution in [3.8, 4) is 0 Å². The zero-order chi connectivity index (χ0) is 14.2. The van der Waals surface area contributed by atoms with Gasteiger partial charge in [0, 0.05) is 27.2 Å². The molecule has 1 atom stereocenters. The van der Waals surface area contributed by atoms with Crippen LogP contribution in [0.3, 0.4) is 0 Å². The highest BCUT2D eigenvalue weighted by molar-refractivity contribution is 9.11. The van der Waals surface area contributed by atoms with E-state index < -0.39 is 10.0 Å². The quantitative estimate of drug-likeness (QED) is 0.741. The Morgan fingerprint density at radius 3 is 2.47 bits per heavy atom. The summed E-state index contributed by atoms with van der Waals surface area (Å²) in [7, 11) is -3.65. The molecule has 1 aromatic carbocycles. The van der Waals surface area contributed by atoms with Gasteiger partial charge in [-0.3, -0.25) is 0 Å². The standard InChI is InChI=1S/C11H14Br2N2O3S/c12-9-4-7(14)5-10(13)11(9)19(17,18)15-3-1-2-8(15)6-16/h4-5,8,16H,1-3,6,14H2. The molecule has 3 N–H and O–H groups in total. The van der Waals surface area contributed by atoms with Gasteiger partial charge in [0.25, 0.3) is 0 Å². The first-order chi connectivity index (χ1) is 8.87. The summed E-state index contributed by atoms with van der Waals surface area (Å²) in [5, 5.41) is 9.28. The Balaban J connectivity index is 2.51. The molecule has 19 heavy (non-hydrogen) atoms. The second-order valence-electron chi connectivity index (χ2n) is 4.41. The second kappa shape index (κ2) is 5.69. The summed E-state index contributed by atoms with van der Waals surface area (Å²) in [5.74, 6) is 0. The van der Waals surface area contributed by atoms with Gasteiger partial charge in [-0.25, -0.2) is 8.42 Å². The lowest BCUT2D eigenvalue weighted by atomic mass is 10.2. The molecule has 106 valence electrons. The van der Waals surface area contributed by atoms with Gasteiger partial charge in [-0.15, -0.1) is 0 Å². The molecule has 2 rings (SSSR count). The van der Waals surface area contributed by atoms with Crippen LogP contribution in [0.15, 0.2) is 26.0 Å². The van der Waals surface area contributed by atoms with Gasteiger partial charge < -0.3 is 10.8 Å². The fraction of sp³-hybridized carbons (Fsp3) is 0.455. The van der Waals surface area contributed by atoms with Crippen molar-refractivity contribution in [1.82, 2.24) is 4.31 Å². The van der Waals surface area contributed by atoms with Crippen molar-refractivity contribution in [3.63, 3.8) is 0 Å². The summed E-state index contributed by atoms with van der Waals surface area (Å²) in [6.07, 6.45) is 1.44. The molecule has 0 spiro atoms. The largest absolute Gasteiger partial charge is 0.399 e. The highest BCUT2D eigenvalue weighted by Crippen LogP contribution is 2.36. The van der Waals surface area contributed by atoms with Crippen molar-refractivity contribution in [3.05, 3.63) is 21.1 Å². The molecule has 8 heteroatoms. The first-order valence-corrected chi connectivity index (χ1v) is 8.77. The Hall–Kier alpha value is -0.150. The summed E-state index contributed by atoms with van der Waals surface area (Å²) in [5.41, 5.74) is 6.14. The zero-order valence-corrected chi connectivity index (χ0v) is 14.0. The molecule has 1 unspecified atom stereocenters. The SMILES string of the molecule is Nc1cc(Br)c(S(=O)(=O)N2CCCC2CO)c(Br)c1. The van der Waals surface area contributed by atoms with Gasteiger partial charge in [0.05, 0.1) is 6.61 Å². The Labute approximate surface area is 129 Å². The van der Waals surface area contributed by atoms with Crippen LogP contribution in [0.5, 0.6) is 0 Å². The molecule has 1 fully saturated rings. The van der Waals surface area contributed by atoms with Crippen LogP contribution in [0.4, 0.5) is 5.69 Å². The average molecular weight is 414 g/mol. The van der Waals surface area contributed by atoms with E-state index in [4.69, 9.17) is 5.73 Å². The van der Waals surface area contributed by atoms with Crippen LogP contribution in [0, 0.1) is 0 Å². The second-order valence-corrected chi connectivity index (χ2v) is 7.94. The summed E-state index contributed by atoms with van der Waals surface area (Å²) in [4.78, 5) is 0.155. The molecule has 1 saturated heterocycles. The highest BCUT2D eigenvalue weighted by atomic mass is 79.9. The van der Waals surface area contributed by atoms with E-state index >= 15 is 0 Å². The monoisotopic (exact) mass is 412 g/mol. The number of rotatable bonds is 3. The van der Waals surface area contributed by atoms with Gasteiger partial charge in [0.1, 0.15) is 4.90 Å². The highest BCUT2D eigenvalue weighted by Gasteiger charge is 2.37. The van der Waals surface area contributed by atoms with Crippen LogP contribution >= 0.6 is 31.9 Å². The Morgan fingerprint density at radius 2 is 1.95 bits per heavy atom. The van der Waals surface area contributed by atoms with Crippen molar-refractivity contribution in [2.75, 3.05) is 18.9 Å². The fourth-order valence-electron chi connectivity index (χ4n) is 2.25. The molecule has 1 aromatic rings. The van der Waals surface area contributed by atoms with Gasteiger partial charge in [0.2, 0.25) is 10.0 Å². The van der Waals surface area contributed by atoms with E-state index in [-0.39, 0.29) is 17.5 Å². The van der Waals surface area contributed by atoms with Crippen LogP contribution in [0.25, 0.3) is 0 Å². The molecule has 0 amide bonds. The number of benzene rings is 1. The minimum absolute atomic E-state index is 0.155. The molecule has 0 saturated carbocycles. The molecule has 1 aliphatic rings. The average Bonchev–Trinajstić information content (AvgIpc) is 2.75. The Bertz CT molecular complexity index is 569. The molecular weight excluding hydrogens is 400 g/mol. The molecular formula is C11H14Br2N2O3S. The number of aliphatic hydroxyl groups is 1. The fourth-order valence-corrected chi connectivity index (χ4v) is 6.48. The van der Waals surface area contributed by atoms with E-state index in [1.165, 1.54) is 4.31 Å². The molecule has 0 radical (unpaired) electrons. The van der Waals surface area contributed by atoms with Gasteiger partial charge in [-0.1, -0.05) is 0 Å². The lowest BCUT2D eigenvalue weighted by Crippen LogP contribution is -2.37. The first-order valence-electron chi connectivity index (χ1n) is 5.75. The number of halogens is 2. The maximum atomic E-state index is 12.7. The number of nitrogens with zero attached hydrogens (tertiary/aromatic N) is 1. The third-order valence-electron chi connectivity index (χ3n) is 3.12. The molecule has 5 nitrogen and oxygen atoms in total. The third kappa shape index (κ3) is 2.82. The Kier molecular flexibility index (Phi) is 4.56. The minimum Gasteiger partial charge on any atom is -0.399 e. The van der Waals surface area contributed by atoms with Crippen LogP contribution in [0.2, 0.25) is 0 Å². The number of aliphatic hydroxyl groups excluding tert-OH is 1. The Morgan fingerprint density at radius 1 is 1.37 bits per heavy atom. The number of hydrogen-bond acceptors (Lipinski definition) is 4. The molecule has 0 aromatic heterocycles. The van der Waals surface area contributed by atoms with Gasteiger partial charge in [0.15, 0.2) is 0 Å². The van der Waals surface area contributed by atoms with Crippen molar-refractivity contribution >= 4 is 47.6 Å². The molecule has 1 aliphatic heterocycles. The van der Waals surface area contributed by atoms with Gasteiger partial charge >= 0.3 is 0 Å². The number of nitrogen functional groups attached to an aromatic ring is 1. The molecule has 0 bridgehead atoms. The number of anilines is 1. The first kappa shape index (κ1) is 15.2. The maximum Gasteiger partial charge on any atom is 0.245 e. The van der Waals surface area contributed by atoms with Gasteiger partial charge in [-0.05, 0) is 56.8 Å². The zero-order valence-electron chi connectivity index (χ0n) is 10.0. The van der Waals surface area contributed by atoms with Crippen molar-refractivity contribution in [2.24, 2.45) is 0 Å². The van der Waals surface area contributed by atoms with Gasteiger partial charge in [-0.2, -0.15) is 4.31 Å². The number of hydrogen-bond donors (Lipinski definition) is 2. The van der Waals surface area contributed by atoms with E-state index in [0.29, 0.717) is 27.6 Å². The number of sulfonamides is 1.